The zero-order chi connectivity index (χ0) is 31.2. The maximum absolute atomic E-state index is 13.9. The largest absolute Gasteiger partial charge is 0.416 e. The molecule has 1 aliphatic carbocycles. The Morgan fingerprint density at radius 2 is 1.66 bits per heavy atom. The first-order chi connectivity index (χ1) is 20.9. The molecule has 230 valence electrons. The predicted octanol–water partition coefficient (Wildman–Crippen LogP) is 5.04. The number of hydrogen-bond donors (Lipinski definition) is 2. The van der Waals surface area contributed by atoms with Crippen LogP contribution in [-0.4, -0.2) is 58.1 Å². The van der Waals surface area contributed by atoms with Gasteiger partial charge < -0.3 is 10.2 Å². The molecule has 4 aromatic rings. The van der Waals surface area contributed by atoms with Crippen molar-refractivity contribution in [3.8, 4) is 0 Å². The molecule has 0 spiro atoms. The third kappa shape index (κ3) is 5.85. The smallest absolute Gasteiger partial charge is 0.339 e. The van der Waals surface area contributed by atoms with Crippen molar-refractivity contribution in [3.63, 3.8) is 0 Å². The van der Waals surface area contributed by atoms with Crippen LogP contribution in [-0.2, 0) is 16.2 Å². The number of piperidine rings is 1. The fraction of sp³-hybridized carbons (Fsp3) is 0.333. The molecular weight excluding hydrogens is 597 g/mol. The van der Waals surface area contributed by atoms with Gasteiger partial charge in [-0.05, 0) is 61.8 Å². The standard InChI is InChI=1S/C30H29F3N6O4S/c1-18-7-8-21(30(31,32)33)15-25(18)36-27-24(29(41)38-13-11-20(12-14-38)19-5-3-2-4-6-19)16-34-26-23(17-35-39(26)27)28(40)37-44(42,43)22-9-10-22/h2-8,15-17,20,22,36H,9-14H2,1H3,(H,37,40). The molecule has 0 atom stereocenters. The first-order valence-corrected chi connectivity index (χ1v) is 15.7. The Morgan fingerprint density at radius 1 is 0.955 bits per heavy atom. The van der Waals surface area contributed by atoms with Gasteiger partial charge >= 0.3 is 6.18 Å². The van der Waals surface area contributed by atoms with E-state index in [1.54, 1.807) is 11.8 Å². The molecule has 2 fully saturated rings. The minimum atomic E-state index is -4.61. The minimum Gasteiger partial charge on any atom is -0.339 e. The molecule has 1 saturated carbocycles. The van der Waals surface area contributed by atoms with Gasteiger partial charge in [0.05, 0.1) is 17.0 Å². The summed E-state index contributed by atoms with van der Waals surface area (Å²) in [5.41, 5.74) is 0.634. The Kier molecular flexibility index (Phi) is 7.56. The zero-order valence-electron chi connectivity index (χ0n) is 23.6. The fourth-order valence-corrected chi connectivity index (χ4v) is 6.68. The molecule has 0 unspecified atom stereocenters. The first kappa shape index (κ1) is 29.6. The summed E-state index contributed by atoms with van der Waals surface area (Å²) < 4.78 is 68.7. The normalized spacial score (nSPS) is 16.2. The minimum absolute atomic E-state index is 0.00305. The summed E-state index contributed by atoms with van der Waals surface area (Å²) in [4.78, 5) is 32.8. The van der Waals surface area contributed by atoms with Gasteiger partial charge in [-0.3, -0.25) is 9.59 Å². The van der Waals surface area contributed by atoms with Crippen molar-refractivity contribution in [2.45, 2.75) is 50.0 Å². The second-order valence-electron chi connectivity index (χ2n) is 11.1. The summed E-state index contributed by atoms with van der Waals surface area (Å²) in [6, 6.07) is 13.2. The lowest BCUT2D eigenvalue weighted by Gasteiger charge is -2.32. The van der Waals surface area contributed by atoms with Crippen molar-refractivity contribution in [2.24, 2.45) is 0 Å². The second kappa shape index (κ2) is 11.2. The van der Waals surface area contributed by atoms with Gasteiger partial charge in [0.15, 0.2) is 5.65 Å². The summed E-state index contributed by atoms with van der Waals surface area (Å²) in [6.45, 7) is 2.51. The number of sulfonamides is 1. The van der Waals surface area contributed by atoms with E-state index in [9.17, 15) is 31.2 Å². The number of aryl methyl sites for hydroxylation is 1. The highest BCUT2D eigenvalue weighted by Crippen LogP contribution is 2.35. The summed E-state index contributed by atoms with van der Waals surface area (Å²) in [5.74, 6) is -1.07. The number of carbonyl (C=O) groups excluding carboxylic acids is 2. The number of rotatable bonds is 7. The van der Waals surface area contributed by atoms with Gasteiger partial charge in [-0.2, -0.15) is 22.8 Å². The lowest BCUT2D eigenvalue weighted by Crippen LogP contribution is -2.38. The van der Waals surface area contributed by atoms with Gasteiger partial charge in [-0.25, -0.2) is 18.1 Å². The lowest BCUT2D eigenvalue weighted by atomic mass is 9.89. The van der Waals surface area contributed by atoms with Gasteiger partial charge in [0, 0.05) is 25.0 Å². The third-order valence-electron chi connectivity index (χ3n) is 8.07. The molecule has 1 saturated heterocycles. The van der Waals surface area contributed by atoms with Gasteiger partial charge in [-0.15, -0.1) is 0 Å². The number of aromatic nitrogens is 3. The number of nitrogens with zero attached hydrogens (tertiary/aromatic N) is 4. The molecule has 2 aromatic heterocycles. The number of carbonyl (C=O) groups is 2. The van der Waals surface area contributed by atoms with Gasteiger partial charge in [0.25, 0.3) is 11.8 Å². The maximum atomic E-state index is 13.9. The van der Waals surface area contributed by atoms with Crippen molar-refractivity contribution in [3.05, 3.63) is 88.7 Å². The summed E-state index contributed by atoms with van der Waals surface area (Å²) in [7, 11) is -3.87. The van der Waals surface area contributed by atoms with Crippen LogP contribution in [0.1, 0.15) is 69.0 Å². The van der Waals surface area contributed by atoms with E-state index in [2.05, 4.69) is 27.5 Å². The lowest BCUT2D eigenvalue weighted by molar-refractivity contribution is -0.137. The molecule has 2 N–H and O–H groups in total. The number of anilines is 2. The summed E-state index contributed by atoms with van der Waals surface area (Å²) >= 11 is 0. The molecule has 44 heavy (non-hydrogen) atoms. The number of amides is 2. The van der Waals surface area contributed by atoms with E-state index >= 15 is 0 Å². The Hall–Kier alpha value is -4.46. The van der Waals surface area contributed by atoms with Crippen molar-refractivity contribution in [2.75, 3.05) is 18.4 Å². The Morgan fingerprint density at radius 3 is 2.32 bits per heavy atom. The Labute approximate surface area is 251 Å². The highest BCUT2D eigenvalue weighted by atomic mass is 32.2. The first-order valence-electron chi connectivity index (χ1n) is 14.1. The average Bonchev–Trinajstić information content (AvgIpc) is 3.78. The van der Waals surface area contributed by atoms with Crippen molar-refractivity contribution in [1.82, 2.24) is 24.2 Å². The van der Waals surface area contributed by atoms with Crippen LogP contribution in [0.3, 0.4) is 0 Å². The van der Waals surface area contributed by atoms with Crippen LogP contribution in [0.25, 0.3) is 5.65 Å². The number of fused-ring (bicyclic) bond motifs is 1. The SMILES string of the molecule is Cc1ccc(C(F)(F)F)cc1Nc1c(C(=O)N2CCC(c3ccccc3)CC2)cnc2c(C(=O)NS(=O)(=O)C3CC3)cnn12. The number of benzene rings is 2. The van der Waals surface area contributed by atoms with E-state index < -0.39 is 38.8 Å². The quantitative estimate of drug-likeness (QED) is 0.294. The van der Waals surface area contributed by atoms with E-state index in [1.807, 2.05) is 22.9 Å². The summed E-state index contributed by atoms with van der Waals surface area (Å²) in [5, 5.41) is 6.51. The number of hydrogen-bond acceptors (Lipinski definition) is 7. The Balaban J connectivity index is 1.36. The molecule has 6 rings (SSSR count). The summed E-state index contributed by atoms with van der Waals surface area (Å²) in [6.07, 6.45) is 0.0978. The van der Waals surface area contributed by atoms with Crippen molar-refractivity contribution >= 4 is 39.0 Å². The van der Waals surface area contributed by atoms with Crippen molar-refractivity contribution in [1.29, 1.82) is 0 Å². The van der Waals surface area contributed by atoms with Gasteiger partial charge in [0.2, 0.25) is 10.0 Å². The molecule has 2 amide bonds. The third-order valence-corrected chi connectivity index (χ3v) is 9.89. The molecule has 0 radical (unpaired) electrons. The molecule has 1 aliphatic heterocycles. The van der Waals surface area contributed by atoms with Crippen LogP contribution < -0.4 is 10.0 Å². The van der Waals surface area contributed by atoms with E-state index in [-0.39, 0.29) is 34.2 Å². The molecule has 2 aromatic carbocycles. The molecular formula is C30H29F3N6O4S. The number of alkyl halides is 3. The van der Waals surface area contributed by atoms with Gasteiger partial charge in [-0.1, -0.05) is 36.4 Å². The van der Waals surface area contributed by atoms with Gasteiger partial charge in [0.1, 0.15) is 16.9 Å². The highest BCUT2D eigenvalue weighted by Gasteiger charge is 2.38. The van der Waals surface area contributed by atoms with Crippen molar-refractivity contribution < 1.29 is 31.2 Å². The van der Waals surface area contributed by atoms with Crippen LogP contribution in [0.2, 0.25) is 0 Å². The Bertz CT molecular complexity index is 1850. The van der Waals surface area contributed by atoms with Crippen LogP contribution in [0, 0.1) is 6.92 Å². The average molecular weight is 627 g/mol. The van der Waals surface area contributed by atoms with Crippen LogP contribution in [0.4, 0.5) is 24.7 Å². The number of likely N-dealkylation sites (tertiary alicyclic amines) is 1. The zero-order valence-corrected chi connectivity index (χ0v) is 24.5. The van der Waals surface area contributed by atoms with E-state index in [0.29, 0.717) is 31.5 Å². The fourth-order valence-electron chi connectivity index (χ4n) is 5.39. The highest BCUT2D eigenvalue weighted by molar-refractivity contribution is 7.91. The number of halogens is 3. The number of nitrogens with one attached hydrogen (secondary N) is 2. The van der Waals surface area contributed by atoms with Crippen LogP contribution >= 0.6 is 0 Å². The molecule has 0 bridgehead atoms. The van der Waals surface area contributed by atoms with E-state index in [4.69, 9.17) is 0 Å². The predicted molar refractivity (Wildman–Crippen MR) is 156 cm³/mol. The topological polar surface area (TPSA) is 126 Å². The van der Waals surface area contributed by atoms with Crippen LogP contribution in [0.15, 0.2) is 60.9 Å². The van der Waals surface area contributed by atoms with Crippen LogP contribution in [0.5, 0.6) is 0 Å². The monoisotopic (exact) mass is 626 g/mol. The maximum Gasteiger partial charge on any atom is 0.416 e. The van der Waals surface area contributed by atoms with E-state index in [0.717, 1.165) is 35.7 Å². The second-order valence-corrected chi connectivity index (χ2v) is 13.1. The molecule has 10 nitrogen and oxygen atoms in total. The molecule has 3 heterocycles. The molecule has 14 heteroatoms. The molecule has 2 aliphatic rings. The van der Waals surface area contributed by atoms with E-state index in [1.165, 1.54) is 17.8 Å².